The van der Waals surface area contributed by atoms with Gasteiger partial charge in [0.25, 0.3) is 0 Å². The number of aliphatic hydroxyl groups is 2. The number of hydrogen-bond donors (Lipinski definition) is 2. The van der Waals surface area contributed by atoms with Gasteiger partial charge in [-0.25, -0.2) is 0 Å². The fourth-order valence-electron chi connectivity index (χ4n) is 0.260. The zero-order valence-electron chi connectivity index (χ0n) is 3.42. The van der Waals surface area contributed by atoms with Crippen LogP contribution in [0, 0.1) is 0 Å². The van der Waals surface area contributed by atoms with Crippen LogP contribution in [0.2, 0.25) is 0 Å². The third kappa shape index (κ3) is 0.524. The molecule has 1 saturated heterocycles. The topological polar surface area (TPSA) is 66.8 Å². The molecular formula is C3H4O4. The summed E-state index contributed by atoms with van der Waals surface area (Å²) in [5.41, 5.74) is 0. The van der Waals surface area contributed by atoms with Crippen LogP contribution >= 0.6 is 0 Å². The van der Waals surface area contributed by atoms with E-state index in [1.165, 1.54) is 0 Å². The van der Waals surface area contributed by atoms with Gasteiger partial charge in [0.1, 0.15) is 6.61 Å². The maximum Gasteiger partial charge on any atom is 0.344 e. The van der Waals surface area contributed by atoms with Gasteiger partial charge in [-0.05, 0) is 0 Å². The van der Waals surface area contributed by atoms with Crippen LogP contribution in [0.4, 0.5) is 0 Å². The lowest BCUT2D eigenvalue weighted by molar-refractivity contribution is -0.348. The third-order valence-corrected chi connectivity index (χ3v) is 0.768. The summed E-state index contributed by atoms with van der Waals surface area (Å²) in [5.74, 6) is -3.15. The fourth-order valence-corrected chi connectivity index (χ4v) is 0.260. The van der Waals surface area contributed by atoms with Gasteiger partial charge in [-0.1, -0.05) is 0 Å². The molecule has 0 bridgehead atoms. The Balaban J connectivity index is 2.59. The van der Waals surface area contributed by atoms with Gasteiger partial charge in [-0.3, -0.25) is 4.79 Å². The zero-order chi connectivity index (χ0) is 5.49. The molecule has 0 aromatic heterocycles. The van der Waals surface area contributed by atoms with Crippen LogP contribution < -0.4 is 0 Å². The van der Waals surface area contributed by atoms with Crippen molar-refractivity contribution in [1.82, 2.24) is 0 Å². The van der Waals surface area contributed by atoms with Crippen molar-refractivity contribution in [3.8, 4) is 0 Å². The summed E-state index contributed by atoms with van der Waals surface area (Å²) in [7, 11) is 0. The molecule has 0 unspecified atom stereocenters. The molecular weight excluding hydrogens is 100 g/mol. The molecule has 0 amide bonds. The van der Waals surface area contributed by atoms with Crippen LogP contribution in [0.1, 0.15) is 0 Å². The second kappa shape index (κ2) is 1.03. The number of rotatable bonds is 0. The highest BCUT2D eigenvalue weighted by Gasteiger charge is 2.44. The molecule has 7 heavy (non-hydrogen) atoms. The van der Waals surface area contributed by atoms with E-state index in [1.54, 1.807) is 0 Å². The van der Waals surface area contributed by atoms with Gasteiger partial charge in [0.05, 0.1) is 0 Å². The Bertz CT molecular complexity index is 106. The Morgan fingerprint density at radius 1 is 1.71 bits per heavy atom. The second-order valence-corrected chi connectivity index (χ2v) is 1.32. The number of carbonyl (C=O) groups excluding carboxylic acids is 1. The van der Waals surface area contributed by atoms with Crippen molar-refractivity contribution < 1.29 is 19.7 Å². The van der Waals surface area contributed by atoms with Crippen LogP contribution in [0.3, 0.4) is 0 Å². The van der Waals surface area contributed by atoms with Gasteiger partial charge < -0.3 is 14.9 Å². The first-order chi connectivity index (χ1) is 3.13. The van der Waals surface area contributed by atoms with Crippen LogP contribution in [-0.4, -0.2) is 28.6 Å². The van der Waals surface area contributed by atoms with E-state index < -0.39 is 11.8 Å². The van der Waals surface area contributed by atoms with Crippen LogP contribution in [0.15, 0.2) is 0 Å². The van der Waals surface area contributed by atoms with Gasteiger partial charge in [-0.15, -0.1) is 0 Å². The van der Waals surface area contributed by atoms with Crippen molar-refractivity contribution in [1.29, 1.82) is 0 Å². The Labute approximate surface area is 39.3 Å². The molecule has 4 nitrogen and oxygen atoms in total. The van der Waals surface area contributed by atoms with Gasteiger partial charge in [0.2, 0.25) is 5.78 Å². The van der Waals surface area contributed by atoms with Crippen molar-refractivity contribution in [2.24, 2.45) is 0 Å². The lowest BCUT2D eigenvalue weighted by atomic mass is 10.3. The van der Waals surface area contributed by atoms with E-state index in [9.17, 15) is 4.79 Å². The second-order valence-electron chi connectivity index (χ2n) is 1.32. The molecule has 0 saturated carbocycles. The molecule has 1 heterocycles. The summed E-state index contributed by atoms with van der Waals surface area (Å²) < 4.78 is 3.99. The average molecular weight is 104 g/mol. The minimum absolute atomic E-state index is 0.188. The summed E-state index contributed by atoms with van der Waals surface area (Å²) in [4.78, 5) is 9.93. The molecule has 0 aromatic carbocycles. The van der Waals surface area contributed by atoms with E-state index in [0.29, 0.717) is 0 Å². The number of ketones is 1. The molecule has 0 aromatic rings. The molecule has 4 heteroatoms. The van der Waals surface area contributed by atoms with Crippen molar-refractivity contribution >= 4 is 5.78 Å². The Hall–Kier alpha value is -0.450. The summed E-state index contributed by atoms with van der Waals surface area (Å²) in [6.45, 7) is -0.188. The van der Waals surface area contributed by atoms with E-state index >= 15 is 0 Å². The van der Waals surface area contributed by atoms with E-state index in [4.69, 9.17) is 10.2 Å². The van der Waals surface area contributed by atoms with Gasteiger partial charge in [0.15, 0.2) is 0 Å². The maximum absolute atomic E-state index is 9.93. The van der Waals surface area contributed by atoms with Crippen LogP contribution in [0.25, 0.3) is 0 Å². The predicted octanol–water partition coefficient (Wildman–Crippen LogP) is -1.78. The van der Waals surface area contributed by atoms with E-state index in [0.717, 1.165) is 0 Å². The molecule has 1 rings (SSSR count). The highest BCUT2D eigenvalue weighted by molar-refractivity contribution is 5.89. The zero-order valence-corrected chi connectivity index (χ0v) is 3.42. The highest BCUT2D eigenvalue weighted by Crippen LogP contribution is 2.13. The maximum atomic E-state index is 9.93. The van der Waals surface area contributed by atoms with Crippen molar-refractivity contribution in [2.75, 3.05) is 6.61 Å². The quantitative estimate of drug-likeness (QED) is 0.357. The molecule has 40 valence electrons. The largest absolute Gasteiger partial charge is 0.344 e. The first-order valence-corrected chi connectivity index (χ1v) is 1.75. The normalized spacial score (nSPS) is 26.9. The van der Waals surface area contributed by atoms with E-state index in [1.807, 2.05) is 0 Å². The molecule has 1 aliphatic rings. The number of ether oxygens (including phenoxy) is 1. The van der Waals surface area contributed by atoms with Crippen LogP contribution in [0.5, 0.6) is 0 Å². The summed E-state index contributed by atoms with van der Waals surface area (Å²) in [6, 6.07) is 0. The summed E-state index contributed by atoms with van der Waals surface area (Å²) in [5, 5.41) is 16.3. The number of carbonyl (C=O) groups is 1. The van der Waals surface area contributed by atoms with Crippen molar-refractivity contribution in [3.63, 3.8) is 0 Å². The minimum atomic E-state index is -2.46. The van der Waals surface area contributed by atoms with Crippen LogP contribution in [-0.2, 0) is 9.53 Å². The monoisotopic (exact) mass is 104 g/mol. The van der Waals surface area contributed by atoms with Gasteiger partial charge in [0, 0.05) is 0 Å². The molecule has 0 radical (unpaired) electrons. The molecule has 0 spiro atoms. The molecule has 1 fully saturated rings. The lowest BCUT2D eigenvalue weighted by Crippen LogP contribution is -2.54. The summed E-state index contributed by atoms with van der Waals surface area (Å²) in [6.07, 6.45) is 0. The van der Waals surface area contributed by atoms with Crippen molar-refractivity contribution in [2.45, 2.75) is 5.97 Å². The molecule has 0 atom stereocenters. The predicted molar refractivity (Wildman–Crippen MR) is 18.1 cm³/mol. The van der Waals surface area contributed by atoms with Gasteiger partial charge in [-0.2, -0.15) is 0 Å². The fraction of sp³-hybridized carbons (Fsp3) is 0.667. The third-order valence-electron chi connectivity index (χ3n) is 0.768. The minimum Gasteiger partial charge on any atom is -0.337 e. The first kappa shape index (κ1) is 4.70. The SMILES string of the molecule is O=C1COC1(O)O. The summed E-state index contributed by atoms with van der Waals surface area (Å²) >= 11 is 0. The number of hydrogen-bond acceptors (Lipinski definition) is 4. The number of Topliss-reactive ketones (excluding diaryl/α,β-unsaturated/α-hetero) is 1. The average Bonchev–Trinajstić information content (AvgIpc) is 1.63. The lowest BCUT2D eigenvalue weighted by Gasteiger charge is -2.27. The standard InChI is InChI=1S/C3H4O4/c4-2-1-7-3(2,5)6/h5-6H,1H2. The Morgan fingerprint density at radius 3 is 2.14 bits per heavy atom. The van der Waals surface area contributed by atoms with E-state index in [2.05, 4.69) is 4.74 Å². The Morgan fingerprint density at radius 2 is 2.14 bits per heavy atom. The first-order valence-electron chi connectivity index (χ1n) is 1.75. The van der Waals surface area contributed by atoms with Gasteiger partial charge >= 0.3 is 5.97 Å². The molecule has 2 N–H and O–H groups in total. The molecule has 1 aliphatic heterocycles. The Kier molecular flexibility index (Phi) is 0.694. The molecule has 0 aliphatic carbocycles. The smallest absolute Gasteiger partial charge is 0.337 e. The van der Waals surface area contributed by atoms with E-state index in [-0.39, 0.29) is 6.61 Å². The highest BCUT2D eigenvalue weighted by atomic mass is 16.8. The van der Waals surface area contributed by atoms with Crippen molar-refractivity contribution in [3.05, 3.63) is 0 Å².